The molecule has 0 aliphatic heterocycles. The Hall–Kier alpha value is -1.96. The standard InChI is InChI=1S/C12H13F2NO4S/c1-2-7-15(8-11(16)17)9-3-5-10(6-4-9)20(18,19)12(13)14/h2-6,12H,1,7-8H2,(H,16,17). The molecule has 0 atom stereocenters. The first-order chi connectivity index (χ1) is 9.28. The van der Waals surface area contributed by atoms with Crippen molar-refractivity contribution in [3.05, 3.63) is 36.9 Å². The molecule has 20 heavy (non-hydrogen) atoms. The molecule has 1 N–H and O–H groups in total. The molecule has 0 aliphatic rings. The number of carboxylic acids is 1. The van der Waals surface area contributed by atoms with Crippen molar-refractivity contribution in [2.45, 2.75) is 10.7 Å². The van der Waals surface area contributed by atoms with Gasteiger partial charge < -0.3 is 10.0 Å². The third kappa shape index (κ3) is 3.77. The second kappa shape index (κ2) is 6.47. The van der Waals surface area contributed by atoms with Crippen LogP contribution in [0.2, 0.25) is 0 Å². The van der Waals surface area contributed by atoms with Crippen LogP contribution in [0.25, 0.3) is 0 Å². The number of anilines is 1. The lowest BCUT2D eigenvalue weighted by atomic mass is 10.3. The lowest BCUT2D eigenvalue weighted by Gasteiger charge is -2.21. The molecule has 1 aromatic rings. The van der Waals surface area contributed by atoms with Crippen LogP contribution in [0, 0.1) is 0 Å². The largest absolute Gasteiger partial charge is 0.480 e. The first-order valence-electron chi connectivity index (χ1n) is 5.48. The molecule has 1 aromatic carbocycles. The van der Waals surface area contributed by atoms with E-state index in [4.69, 9.17) is 5.11 Å². The summed E-state index contributed by atoms with van der Waals surface area (Å²) in [5, 5.41) is 8.76. The van der Waals surface area contributed by atoms with Gasteiger partial charge in [-0.2, -0.15) is 8.78 Å². The maximum atomic E-state index is 12.4. The molecule has 110 valence electrons. The molecule has 0 radical (unpaired) electrons. The van der Waals surface area contributed by atoms with Gasteiger partial charge in [0.15, 0.2) is 0 Å². The van der Waals surface area contributed by atoms with Crippen LogP contribution >= 0.6 is 0 Å². The summed E-state index contributed by atoms with van der Waals surface area (Å²) >= 11 is 0. The van der Waals surface area contributed by atoms with Gasteiger partial charge >= 0.3 is 11.7 Å². The van der Waals surface area contributed by atoms with E-state index in [0.29, 0.717) is 5.69 Å². The normalized spacial score (nSPS) is 11.3. The van der Waals surface area contributed by atoms with Crippen molar-refractivity contribution in [1.29, 1.82) is 0 Å². The fourth-order valence-electron chi connectivity index (χ4n) is 1.53. The summed E-state index contributed by atoms with van der Waals surface area (Å²) in [5.74, 6) is -4.56. The van der Waals surface area contributed by atoms with Gasteiger partial charge in [-0.3, -0.25) is 4.79 Å². The number of benzene rings is 1. The molecule has 0 bridgehead atoms. The van der Waals surface area contributed by atoms with E-state index >= 15 is 0 Å². The molecule has 1 rings (SSSR count). The number of nitrogens with zero attached hydrogens (tertiary/aromatic N) is 1. The van der Waals surface area contributed by atoms with E-state index in [0.717, 1.165) is 12.1 Å². The van der Waals surface area contributed by atoms with E-state index < -0.39 is 26.5 Å². The first-order valence-corrected chi connectivity index (χ1v) is 7.03. The number of hydrogen-bond donors (Lipinski definition) is 1. The Morgan fingerprint density at radius 2 is 1.90 bits per heavy atom. The average molecular weight is 305 g/mol. The van der Waals surface area contributed by atoms with E-state index in [1.54, 1.807) is 0 Å². The lowest BCUT2D eigenvalue weighted by molar-refractivity contribution is -0.135. The lowest BCUT2D eigenvalue weighted by Crippen LogP contribution is -2.29. The molecule has 0 saturated carbocycles. The van der Waals surface area contributed by atoms with Crippen molar-refractivity contribution in [2.24, 2.45) is 0 Å². The maximum Gasteiger partial charge on any atom is 0.341 e. The highest BCUT2D eigenvalue weighted by atomic mass is 32.2. The van der Waals surface area contributed by atoms with Gasteiger partial charge in [-0.15, -0.1) is 6.58 Å². The highest BCUT2D eigenvalue weighted by Crippen LogP contribution is 2.22. The van der Waals surface area contributed by atoms with Crippen LogP contribution in [-0.4, -0.2) is 38.3 Å². The highest BCUT2D eigenvalue weighted by molar-refractivity contribution is 7.91. The molecule has 0 aliphatic carbocycles. The molecule has 0 heterocycles. The highest BCUT2D eigenvalue weighted by Gasteiger charge is 2.26. The van der Waals surface area contributed by atoms with Crippen LogP contribution in [0.5, 0.6) is 0 Å². The van der Waals surface area contributed by atoms with E-state index in [-0.39, 0.29) is 13.1 Å². The molecule has 0 fully saturated rings. The summed E-state index contributed by atoms with van der Waals surface area (Å²) in [6.45, 7) is 3.40. The Balaban J connectivity index is 3.05. The number of alkyl halides is 2. The summed E-state index contributed by atoms with van der Waals surface area (Å²) in [6, 6.07) is 4.60. The van der Waals surface area contributed by atoms with Gasteiger partial charge in [-0.05, 0) is 24.3 Å². The van der Waals surface area contributed by atoms with Gasteiger partial charge in [0.05, 0.1) is 4.90 Å². The molecule has 0 spiro atoms. The SMILES string of the molecule is C=CCN(CC(=O)O)c1ccc(S(=O)(=O)C(F)F)cc1. The smallest absolute Gasteiger partial charge is 0.341 e. The summed E-state index contributed by atoms with van der Waals surface area (Å²) in [5.41, 5.74) is 0.403. The van der Waals surface area contributed by atoms with Crippen LogP contribution in [0.1, 0.15) is 0 Å². The topological polar surface area (TPSA) is 74.7 Å². The predicted molar refractivity (Wildman–Crippen MR) is 69.7 cm³/mol. The Kier molecular flexibility index (Phi) is 5.20. The van der Waals surface area contributed by atoms with Gasteiger partial charge in [-0.25, -0.2) is 8.42 Å². The summed E-state index contributed by atoms with van der Waals surface area (Å²) in [4.78, 5) is 11.6. The molecule has 5 nitrogen and oxygen atoms in total. The van der Waals surface area contributed by atoms with Crippen LogP contribution in [0.4, 0.5) is 14.5 Å². The van der Waals surface area contributed by atoms with Crippen LogP contribution in [-0.2, 0) is 14.6 Å². The third-order valence-electron chi connectivity index (χ3n) is 2.44. The molecular weight excluding hydrogens is 292 g/mol. The fraction of sp³-hybridized carbons (Fsp3) is 0.250. The van der Waals surface area contributed by atoms with Crippen LogP contribution in [0.15, 0.2) is 41.8 Å². The Labute approximate surface area is 115 Å². The molecule has 0 amide bonds. The van der Waals surface area contributed by atoms with Gasteiger partial charge in [0.25, 0.3) is 0 Å². The number of halogens is 2. The third-order valence-corrected chi connectivity index (χ3v) is 3.84. The monoisotopic (exact) mass is 305 g/mol. The summed E-state index contributed by atoms with van der Waals surface area (Å²) < 4.78 is 47.2. The Morgan fingerprint density at radius 1 is 1.35 bits per heavy atom. The number of hydrogen-bond acceptors (Lipinski definition) is 4. The molecule has 0 unspecified atom stereocenters. The van der Waals surface area contributed by atoms with Crippen molar-refractivity contribution in [1.82, 2.24) is 0 Å². The van der Waals surface area contributed by atoms with E-state index in [1.165, 1.54) is 23.1 Å². The van der Waals surface area contributed by atoms with Crippen molar-refractivity contribution in [3.8, 4) is 0 Å². The zero-order valence-electron chi connectivity index (χ0n) is 10.4. The van der Waals surface area contributed by atoms with E-state index in [9.17, 15) is 22.0 Å². The Morgan fingerprint density at radius 3 is 2.30 bits per heavy atom. The average Bonchev–Trinajstić information content (AvgIpc) is 2.37. The van der Waals surface area contributed by atoms with Crippen LogP contribution in [0.3, 0.4) is 0 Å². The molecular formula is C12H13F2NO4S. The summed E-state index contributed by atoms with van der Waals surface area (Å²) in [6.07, 6.45) is 1.48. The Bertz CT molecular complexity index is 584. The van der Waals surface area contributed by atoms with Gasteiger partial charge in [-0.1, -0.05) is 6.08 Å². The van der Waals surface area contributed by atoms with Crippen molar-refractivity contribution < 1.29 is 27.1 Å². The second-order valence-electron chi connectivity index (χ2n) is 3.86. The van der Waals surface area contributed by atoms with Gasteiger partial charge in [0.1, 0.15) is 6.54 Å². The van der Waals surface area contributed by atoms with Gasteiger partial charge in [0, 0.05) is 12.2 Å². The number of sulfone groups is 1. The van der Waals surface area contributed by atoms with Crippen LogP contribution < -0.4 is 4.90 Å². The first kappa shape index (κ1) is 16.1. The minimum atomic E-state index is -4.64. The van der Waals surface area contributed by atoms with Crippen molar-refractivity contribution in [3.63, 3.8) is 0 Å². The number of carbonyl (C=O) groups is 1. The molecule has 0 saturated heterocycles. The number of rotatable bonds is 7. The quantitative estimate of drug-likeness (QED) is 0.777. The number of carboxylic acid groups (broad SMARTS) is 1. The number of aliphatic carboxylic acids is 1. The van der Waals surface area contributed by atoms with E-state index in [1.807, 2.05) is 0 Å². The van der Waals surface area contributed by atoms with Crippen molar-refractivity contribution in [2.75, 3.05) is 18.0 Å². The zero-order chi connectivity index (χ0) is 15.3. The minimum absolute atomic E-state index is 0.229. The van der Waals surface area contributed by atoms with Crippen molar-refractivity contribution >= 4 is 21.5 Å². The summed E-state index contributed by atoms with van der Waals surface area (Å²) in [7, 11) is -4.64. The molecule has 8 heteroatoms. The van der Waals surface area contributed by atoms with E-state index in [2.05, 4.69) is 6.58 Å². The van der Waals surface area contributed by atoms with Gasteiger partial charge in [0.2, 0.25) is 9.84 Å². The maximum absolute atomic E-state index is 12.4. The fourth-order valence-corrected chi connectivity index (χ4v) is 2.25. The molecule has 0 aromatic heterocycles. The zero-order valence-corrected chi connectivity index (χ0v) is 11.2. The minimum Gasteiger partial charge on any atom is -0.480 e. The second-order valence-corrected chi connectivity index (χ2v) is 5.78. The predicted octanol–water partition coefficient (Wildman–Crippen LogP) is 1.76.